The van der Waals surface area contributed by atoms with Crippen molar-refractivity contribution in [2.45, 2.75) is 19.0 Å². The average molecular weight is 368 g/mol. The summed E-state index contributed by atoms with van der Waals surface area (Å²) in [5.41, 5.74) is 2.51. The van der Waals surface area contributed by atoms with Gasteiger partial charge in [0.2, 0.25) is 0 Å². The number of anilines is 2. The summed E-state index contributed by atoms with van der Waals surface area (Å²) in [4.78, 5) is 19.0. The zero-order valence-corrected chi connectivity index (χ0v) is 15.6. The van der Waals surface area contributed by atoms with E-state index in [9.17, 15) is 9.18 Å². The zero-order valence-electron chi connectivity index (χ0n) is 15.6. The summed E-state index contributed by atoms with van der Waals surface area (Å²) < 4.78 is 14.1. The molecule has 1 fully saturated rings. The van der Waals surface area contributed by atoms with Gasteiger partial charge in [-0.05, 0) is 38.2 Å². The van der Waals surface area contributed by atoms with Crippen LogP contribution in [0, 0.1) is 5.82 Å². The van der Waals surface area contributed by atoms with Crippen molar-refractivity contribution in [3.8, 4) is 0 Å². The molecule has 6 heteroatoms. The first-order valence-electron chi connectivity index (χ1n) is 9.46. The van der Waals surface area contributed by atoms with E-state index in [0.29, 0.717) is 25.2 Å². The fourth-order valence-electron chi connectivity index (χ4n) is 3.93. The van der Waals surface area contributed by atoms with Crippen LogP contribution in [0.3, 0.4) is 0 Å². The Bertz CT molecular complexity index is 827. The van der Waals surface area contributed by atoms with Crippen molar-refractivity contribution in [3.63, 3.8) is 0 Å². The van der Waals surface area contributed by atoms with Crippen LogP contribution in [0.2, 0.25) is 0 Å². The van der Waals surface area contributed by atoms with E-state index in [0.717, 1.165) is 30.9 Å². The topological polar surface area (TPSA) is 38.8 Å². The molecule has 1 N–H and O–H groups in total. The number of nitrogens with zero attached hydrogens (tertiary/aromatic N) is 3. The second kappa shape index (κ2) is 7.56. The van der Waals surface area contributed by atoms with Gasteiger partial charge in [0, 0.05) is 37.8 Å². The molecule has 27 heavy (non-hydrogen) atoms. The zero-order chi connectivity index (χ0) is 18.8. The van der Waals surface area contributed by atoms with Gasteiger partial charge in [-0.25, -0.2) is 9.18 Å². The molecular formula is C21H25FN4O. The van der Waals surface area contributed by atoms with E-state index in [1.54, 1.807) is 6.07 Å². The number of para-hydroxylation sites is 2. The van der Waals surface area contributed by atoms with Crippen molar-refractivity contribution < 1.29 is 9.18 Å². The van der Waals surface area contributed by atoms with Crippen molar-refractivity contribution in [2.24, 2.45) is 0 Å². The summed E-state index contributed by atoms with van der Waals surface area (Å²) in [5, 5.41) is 3.16. The van der Waals surface area contributed by atoms with Crippen LogP contribution in [0.25, 0.3) is 0 Å². The van der Waals surface area contributed by atoms with E-state index in [4.69, 9.17) is 0 Å². The van der Waals surface area contributed by atoms with Crippen molar-refractivity contribution in [3.05, 3.63) is 59.9 Å². The van der Waals surface area contributed by atoms with Crippen molar-refractivity contribution in [1.29, 1.82) is 0 Å². The minimum atomic E-state index is -0.194. The van der Waals surface area contributed by atoms with Crippen LogP contribution in [-0.4, -0.2) is 50.2 Å². The Balaban J connectivity index is 1.52. The summed E-state index contributed by atoms with van der Waals surface area (Å²) >= 11 is 0. The number of nitrogens with one attached hydrogen (secondary N) is 1. The van der Waals surface area contributed by atoms with E-state index >= 15 is 0 Å². The van der Waals surface area contributed by atoms with Crippen LogP contribution in [0.4, 0.5) is 20.6 Å². The molecule has 0 spiro atoms. The van der Waals surface area contributed by atoms with Crippen LogP contribution >= 0.6 is 0 Å². The highest BCUT2D eigenvalue weighted by Crippen LogP contribution is 2.34. The number of carbonyl (C=O) groups is 1. The predicted octanol–water partition coefficient (Wildman–Crippen LogP) is 3.07. The molecule has 0 saturated carbocycles. The highest BCUT2D eigenvalue weighted by molar-refractivity contribution is 5.97. The van der Waals surface area contributed by atoms with Gasteiger partial charge in [0.05, 0.1) is 11.4 Å². The molecule has 4 rings (SSSR count). The molecular weight excluding hydrogens is 343 g/mol. The van der Waals surface area contributed by atoms with Crippen molar-refractivity contribution >= 4 is 17.4 Å². The largest absolute Gasteiger partial charge is 0.364 e. The number of halogens is 1. The van der Waals surface area contributed by atoms with E-state index in [-0.39, 0.29) is 17.9 Å². The molecule has 2 aromatic rings. The summed E-state index contributed by atoms with van der Waals surface area (Å²) in [6.45, 7) is 3.65. The van der Waals surface area contributed by atoms with Gasteiger partial charge in [-0.3, -0.25) is 4.90 Å². The fraction of sp³-hybridized carbons (Fsp3) is 0.381. The number of hydrogen-bond acceptors (Lipinski definition) is 3. The molecule has 5 nitrogen and oxygen atoms in total. The molecule has 2 aromatic carbocycles. The first-order chi connectivity index (χ1) is 13.1. The second-order valence-corrected chi connectivity index (χ2v) is 7.35. The van der Waals surface area contributed by atoms with Crippen LogP contribution in [0.15, 0.2) is 48.5 Å². The maximum absolute atomic E-state index is 14.1. The monoisotopic (exact) mass is 368 g/mol. The lowest BCUT2D eigenvalue weighted by molar-refractivity contribution is 0.242. The summed E-state index contributed by atoms with van der Waals surface area (Å²) in [6.07, 6.45) is 0.983. The quantitative estimate of drug-likeness (QED) is 0.905. The molecule has 0 bridgehead atoms. The molecule has 2 aliphatic rings. The van der Waals surface area contributed by atoms with E-state index in [2.05, 4.69) is 22.2 Å². The number of fused-ring (bicyclic) bond motifs is 1. The van der Waals surface area contributed by atoms with Gasteiger partial charge in [-0.2, -0.15) is 0 Å². The Labute approximate surface area is 159 Å². The third-order valence-corrected chi connectivity index (χ3v) is 5.39. The Hall–Kier alpha value is -2.60. The number of benzene rings is 2. The minimum Gasteiger partial charge on any atom is -0.364 e. The third kappa shape index (κ3) is 3.76. The van der Waals surface area contributed by atoms with Gasteiger partial charge in [-0.1, -0.05) is 30.3 Å². The van der Waals surface area contributed by atoms with Gasteiger partial charge >= 0.3 is 6.03 Å². The SMILES string of the molecule is CN1CCC(NC(=O)N2CCN(Cc3ccccc3F)c3ccccc32)C1. The number of carbonyl (C=O) groups excluding carboxylic acids is 1. The summed E-state index contributed by atoms with van der Waals surface area (Å²) in [7, 11) is 2.07. The summed E-state index contributed by atoms with van der Waals surface area (Å²) in [5.74, 6) is -0.194. The van der Waals surface area contributed by atoms with Crippen molar-refractivity contribution in [1.82, 2.24) is 10.2 Å². The number of rotatable bonds is 3. The third-order valence-electron chi connectivity index (χ3n) is 5.39. The number of amides is 2. The maximum Gasteiger partial charge on any atom is 0.322 e. The first-order valence-corrected chi connectivity index (χ1v) is 9.46. The Kier molecular flexibility index (Phi) is 4.99. The normalized spacial score (nSPS) is 19.9. The predicted molar refractivity (Wildman–Crippen MR) is 106 cm³/mol. The van der Waals surface area contributed by atoms with Crippen LogP contribution in [0.1, 0.15) is 12.0 Å². The molecule has 2 amide bonds. The molecule has 2 heterocycles. The molecule has 0 radical (unpaired) electrons. The molecule has 1 unspecified atom stereocenters. The first kappa shape index (κ1) is 17.8. The maximum atomic E-state index is 14.1. The van der Waals surface area contributed by atoms with Gasteiger partial charge < -0.3 is 15.1 Å². The second-order valence-electron chi connectivity index (χ2n) is 7.35. The fourth-order valence-corrected chi connectivity index (χ4v) is 3.93. The van der Waals surface area contributed by atoms with Crippen molar-refractivity contribution in [2.75, 3.05) is 43.0 Å². The Morgan fingerprint density at radius 2 is 1.81 bits per heavy atom. The van der Waals surface area contributed by atoms with Crippen LogP contribution in [0.5, 0.6) is 0 Å². The lowest BCUT2D eigenvalue weighted by Crippen LogP contribution is -2.50. The number of likely N-dealkylation sites (tertiary alicyclic amines) is 1. The highest BCUT2D eigenvalue weighted by atomic mass is 19.1. The molecule has 0 aromatic heterocycles. The minimum absolute atomic E-state index is 0.0479. The lowest BCUT2D eigenvalue weighted by atomic mass is 10.1. The molecule has 2 aliphatic heterocycles. The summed E-state index contributed by atoms with van der Waals surface area (Å²) in [6, 6.07) is 14.9. The van der Waals surface area contributed by atoms with Crippen LogP contribution < -0.4 is 15.1 Å². The van der Waals surface area contributed by atoms with Gasteiger partial charge in [-0.15, -0.1) is 0 Å². The van der Waals surface area contributed by atoms with E-state index in [1.807, 2.05) is 41.3 Å². The Morgan fingerprint density at radius 1 is 1.07 bits per heavy atom. The van der Waals surface area contributed by atoms with Gasteiger partial charge in [0.25, 0.3) is 0 Å². The van der Waals surface area contributed by atoms with Crippen LogP contribution in [-0.2, 0) is 6.54 Å². The highest BCUT2D eigenvalue weighted by Gasteiger charge is 2.29. The molecule has 142 valence electrons. The van der Waals surface area contributed by atoms with Gasteiger partial charge in [0.15, 0.2) is 0 Å². The number of urea groups is 1. The number of hydrogen-bond donors (Lipinski definition) is 1. The number of likely N-dealkylation sites (N-methyl/N-ethyl adjacent to an activating group) is 1. The molecule has 0 aliphatic carbocycles. The standard InChI is InChI=1S/C21H25FN4O/c1-24-11-10-17(15-24)23-21(27)26-13-12-25(19-8-4-5-9-20(19)26)14-16-6-2-3-7-18(16)22/h2-9,17H,10-15H2,1H3,(H,23,27). The average Bonchev–Trinajstić information content (AvgIpc) is 3.08. The van der Waals surface area contributed by atoms with E-state index in [1.165, 1.54) is 6.07 Å². The van der Waals surface area contributed by atoms with Gasteiger partial charge in [0.1, 0.15) is 5.82 Å². The Morgan fingerprint density at radius 3 is 2.56 bits per heavy atom. The van der Waals surface area contributed by atoms with E-state index < -0.39 is 0 Å². The smallest absolute Gasteiger partial charge is 0.322 e. The lowest BCUT2D eigenvalue weighted by Gasteiger charge is -2.38. The molecule has 1 saturated heterocycles. The molecule has 1 atom stereocenters.